The van der Waals surface area contributed by atoms with Gasteiger partial charge in [0.1, 0.15) is 17.5 Å². The smallest absolute Gasteiger partial charge is 0.220 e. The fourth-order valence-corrected chi connectivity index (χ4v) is 1.23. The van der Waals surface area contributed by atoms with Crippen molar-refractivity contribution in [3.63, 3.8) is 0 Å². The van der Waals surface area contributed by atoms with Gasteiger partial charge in [-0.25, -0.2) is 4.98 Å². The molecule has 0 aliphatic heterocycles. The number of nitriles is 1. The van der Waals surface area contributed by atoms with Crippen LogP contribution >= 0.6 is 0 Å². The predicted molar refractivity (Wildman–Crippen MR) is 59.9 cm³/mol. The van der Waals surface area contributed by atoms with Crippen molar-refractivity contribution in [2.24, 2.45) is 0 Å². The second kappa shape index (κ2) is 4.32. The second-order valence-corrected chi connectivity index (χ2v) is 3.15. The van der Waals surface area contributed by atoms with Crippen LogP contribution < -0.4 is 10.5 Å². The number of benzene rings is 1. The van der Waals surface area contributed by atoms with Crippen molar-refractivity contribution in [1.29, 1.82) is 5.26 Å². The Morgan fingerprint density at radius 2 is 2.00 bits per heavy atom. The molecule has 0 unspecified atom stereocenters. The summed E-state index contributed by atoms with van der Waals surface area (Å²) < 4.78 is 5.46. The van der Waals surface area contributed by atoms with Crippen LogP contribution in [-0.4, -0.2) is 4.98 Å². The van der Waals surface area contributed by atoms with E-state index in [2.05, 4.69) is 4.98 Å². The quantitative estimate of drug-likeness (QED) is 0.774. The maximum Gasteiger partial charge on any atom is 0.220 e. The summed E-state index contributed by atoms with van der Waals surface area (Å²) in [6, 6.07) is 14.0. The third-order valence-electron chi connectivity index (χ3n) is 1.92. The first-order valence-electron chi connectivity index (χ1n) is 4.68. The number of aromatic nitrogens is 1. The van der Waals surface area contributed by atoms with Crippen molar-refractivity contribution in [2.45, 2.75) is 0 Å². The highest BCUT2D eigenvalue weighted by atomic mass is 16.5. The Labute approximate surface area is 92.9 Å². The second-order valence-electron chi connectivity index (χ2n) is 3.15. The van der Waals surface area contributed by atoms with Crippen molar-refractivity contribution in [2.75, 3.05) is 5.73 Å². The molecule has 1 aromatic carbocycles. The predicted octanol–water partition coefficient (Wildman–Crippen LogP) is 2.33. The van der Waals surface area contributed by atoms with Crippen LogP contribution in [0.4, 0.5) is 5.69 Å². The average Bonchev–Trinajstić information content (AvgIpc) is 2.29. The highest BCUT2D eigenvalue weighted by molar-refractivity contribution is 5.44. The standard InChI is InChI=1S/C12H9N3O/c13-8-10-4-2-6-12(15-10)16-11-5-1-3-9(14)7-11/h1-7H,14H2. The SMILES string of the molecule is N#Cc1cccc(Oc2cccc(N)c2)n1. The van der Waals surface area contributed by atoms with Crippen LogP contribution in [0.1, 0.15) is 5.69 Å². The summed E-state index contributed by atoms with van der Waals surface area (Å²) in [7, 11) is 0. The molecule has 1 aromatic heterocycles. The molecule has 78 valence electrons. The molecule has 2 aromatic rings. The largest absolute Gasteiger partial charge is 0.439 e. The molecule has 4 heteroatoms. The van der Waals surface area contributed by atoms with Crippen LogP contribution in [0.2, 0.25) is 0 Å². The van der Waals surface area contributed by atoms with Crippen molar-refractivity contribution < 1.29 is 4.74 Å². The molecule has 0 amide bonds. The normalized spacial score (nSPS) is 9.44. The molecule has 0 aliphatic rings. The van der Waals surface area contributed by atoms with Crippen LogP contribution in [-0.2, 0) is 0 Å². The lowest BCUT2D eigenvalue weighted by atomic mass is 10.3. The molecule has 0 spiro atoms. The first kappa shape index (κ1) is 9.99. The summed E-state index contributed by atoms with van der Waals surface area (Å²) in [4.78, 5) is 3.99. The van der Waals surface area contributed by atoms with E-state index in [4.69, 9.17) is 15.7 Å². The number of hydrogen-bond donors (Lipinski definition) is 1. The van der Waals surface area contributed by atoms with Gasteiger partial charge in [0.25, 0.3) is 0 Å². The molecular formula is C12H9N3O. The van der Waals surface area contributed by atoms with Gasteiger partial charge in [-0.3, -0.25) is 0 Å². The Bertz CT molecular complexity index is 546. The summed E-state index contributed by atoms with van der Waals surface area (Å²) in [5.74, 6) is 0.979. The van der Waals surface area contributed by atoms with Crippen LogP contribution in [0, 0.1) is 11.3 Å². The molecule has 0 saturated heterocycles. The molecule has 0 atom stereocenters. The van der Waals surface area contributed by atoms with Crippen molar-refractivity contribution >= 4 is 5.69 Å². The fraction of sp³-hybridized carbons (Fsp3) is 0. The summed E-state index contributed by atoms with van der Waals surface area (Å²) >= 11 is 0. The van der Waals surface area contributed by atoms with E-state index >= 15 is 0 Å². The number of anilines is 1. The zero-order valence-corrected chi connectivity index (χ0v) is 8.42. The minimum atomic E-state index is 0.321. The molecule has 0 saturated carbocycles. The van der Waals surface area contributed by atoms with E-state index in [1.165, 1.54) is 0 Å². The number of rotatable bonds is 2. The summed E-state index contributed by atoms with van der Waals surface area (Å²) in [6.45, 7) is 0. The van der Waals surface area contributed by atoms with E-state index in [0.717, 1.165) is 0 Å². The molecule has 16 heavy (non-hydrogen) atoms. The average molecular weight is 211 g/mol. The zero-order valence-electron chi connectivity index (χ0n) is 8.42. The molecule has 0 bridgehead atoms. The fourth-order valence-electron chi connectivity index (χ4n) is 1.23. The lowest BCUT2D eigenvalue weighted by molar-refractivity contribution is 0.463. The van der Waals surface area contributed by atoms with Gasteiger partial charge in [0.2, 0.25) is 5.88 Å². The number of hydrogen-bond acceptors (Lipinski definition) is 4. The summed E-state index contributed by atoms with van der Waals surface area (Å²) in [5.41, 5.74) is 6.56. The van der Waals surface area contributed by atoms with Gasteiger partial charge in [-0.05, 0) is 18.2 Å². The van der Waals surface area contributed by atoms with Crippen LogP contribution in [0.3, 0.4) is 0 Å². The molecule has 2 N–H and O–H groups in total. The van der Waals surface area contributed by atoms with Crippen LogP contribution in [0.25, 0.3) is 0 Å². The first-order valence-corrected chi connectivity index (χ1v) is 4.68. The van der Waals surface area contributed by atoms with Gasteiger partial charge in [-0.1, -0.05) is 12.1 Å². The van der Waals surface area contributed by atoms with E-state index in [9.17, 15) is 0 Å². The van der Waals surface area contributed by atoms with Gasteiger partial charge in [0, 0.05) is 17.8 Å². The molecule has 0 fully saturated rings. The van der Waals surface area contributed by atoms with E-state index in [0.29, 0.717) is 23.0 Å². The third kappa shape index (κ3) is 2.28. The lowest BCUT2D eigenvalue weighted by Crippen LogP contribution is -1.91. The Kier molecular flexibility index (Phi) is 2.70. The first-order chi connectivity index (χ1) is 7.78. The van der Waals surface area contributed by atoms with E-state index in [1.807, 2.05) is 6.07 Å². The maximum atomic E-state index is 8.68. The highest BCUT2D eigenvalue weighted by Gasteiger charge is 2.00. The Hall–Kier alpha value is -2.54. The summed E-state index contributed by atoms with van der Waals surface area (Å²) in [5, 5.41) is 8.68. The molecule has 0 radical (unpaired) electrons. The minimum Gasteiger partial charge on any atom is -0.439 e. The number of nitrogen functional groups attached to an aromatic ring is 1. The van der Waals surface area contributed by atoms with Crippen LogP contribution in [0.15, 0.2) is 42.5 Å². The van der Waals surface area contributed by atoms with Gasteiger partial charge in [0.05, 0.1) is 0 Å². The topological polar surface area (TPSA) is 71.9 Å². The summed E-state index contributed by atoms with van der Waals surface area (Å²) in [6.07, 6.45) is 0. The van der Waals surface area contributed by atoms with E-state index in [1.54, 1.807) is 42.5 Å². The molecule has 1 heterocycles. The lowest BCUT2D eigenvalue weighted by Gasteiger charge is -2.04. The van der Waals surface area contributed by atoms with Crippen molar-refractivity contribution in [3.05, 3.63) is 48.2 Å². The van der Waals surface area contributed by atoms with Gasteiger partial charge < -0.3 is 10.5 Å². The Balaban J connectivity index is 2.24. The molecule has 4 nitrogen and oxygen atoms in total. The Morgan fingerprint density at radius 3 is 2.75 bits per heavy atom. The van der Waals surface area contributed by atoms with Gasteiger partial charge >= 0.3 is 0 Å². The van der Waals surface area contributed by atoms with Crippen LogP contribution in [0.5, 0.6) is 11.6 Å². The number of ether oxygens (including phenoxy) is 1. The van der Waals surface area contributed by atoms with Crippen molar-refractivity contribution in [1.82, 2.24) is 4.98 Å². The number of nitrogens with two attached hydrogens (primary N) is 1. The van der Waals surface area contributed by atoms with E-state index < -0.39 is 0 Å². The molecule has 0 aliphatic carbocycles. The molecule has 2 rings (SSSR count). The van der Waals surface area contributed by atoms with Gasteiger partial charge in [-0.15, -0.1) is 0 Å². The van der Waals surface area contributed by atoms with Crippen molar-refractivity contribution in [3.8, 4) is 17.7 Å². The number of nitrogens with zero attached hydrogens (tertiary/aromatic N) is 2. The maximum absolute atomic E-state index is 8.68. The minimum absolute atomic E-state index is 0.321. The zero-order chi connectivity index (χ0) is 11.4. The number of pyridine rings is 1. The van der Waals surface area contributed by atoms with Gasteiger partial charge in [0.15, 0.2) is 0 Å². The Morgan fingerprint density at radius 1 is 1.19 bits per heavy atom. The highest BCUT2D eigenvalue weighted by Crippen LogP contribution is 2.21. The van der Waals surface area contributed by atoms with Gasteiger partial charge in [-0.2, -0.15) is 5.26 Å². The third-order valence-corrected chi connectivity index (χ3v) is 1.92. The van der Waals surface area contributed by atoms with E-state index in [-0.39, 0.29) is 0 Å². The monoisotopic (exact) mass is 211 g/mol. The molecular weight excluding hydrogens is 202 g/mol.